The van der Waals surface area contributed by atoms with Crippen LogP contribution in [0.5, 0.6) is 0 Å². The number of rotatable bonds is 6. The van der Waals surface area contributed by atoms with Crippen molar-refractivity contribution in [2.75, 3.05) is 6.54 Å². The highest BCUT2D eigenvalue weighted by Gasteiger charge is 2.11. The minimum atomic E-state index is -0.699. The minimum Gasteiger partial charge on any atom is -0.481 e. The minimum absolute atomic E-state index is 0.217. The lowest BCUT2D eigenvalue weighted by Gasteiger charge is -2.11. The van der Waals surface area contributed by atoms with E-state index in [0.717, 1.165) is 19.3 Å². The maximum atomic E-state index is 10.4. The summed E-state index contributed by atoms with van der Waals surface area (Å²) in [5.41, 5.74) is 5.38. The molecule has 72 valence electrons. The standard InChI is InChI=1S/C9H19NO2/c1-7(5-6-10)3-4-8(2)9(11)12/h7-8H,3-6,10H2,1-2H3,(H,11,12). The van der Waals surface area contributed by atoms with Gasteiger partial charge in [0.05, 0.1) is 5.92 Å². The van der Waals surface area contributed by atoms with E-state index in [1.165, 1.54) is 0 Å². The molecule has 0 aliphatic carbocycles. The van der Waals surface area contributed by atoms with Crippen LogP contribution < -0.4 is 5.73 Å². The van der Waals surface area contributed by atoms with Gasteiger partial charge < -0.3 is 10.8 Å². The molecule has 0 aromatic rings. The second-order valence-electron chi connectivity index (χ2n) is 3.50. The Labute approximate surface area is 74.0 Å². The number of carbonyl (C=O) groups is 1. The maximum Gasteiger partial charge on any atom is 0.306 e. The molecule has 2 unspecified atom stereocenters. The van der Waals surface area contributed by atoms with Gasteiger partial charge in [-0.3, -0.25) is 4.79 Å². The summed E-state index contributed by atoms with van der Waals surface area (Å²) in [7, 11) is 0. The number of hydrogen-bond donors (Lipinski definition) is 2. The van der Waals surface area contributed by atoms with E-state index in [2.05, 4.69) is 6.92 Å². The summed E-state index contributed by atoms with van der Waals surface area (Å²) in [5, 5.41) is 8.60. The fraction of sp³-hybridized carbons (Fsp3) is 0.889. The molecule has 0 saturated carbocycles. The number of nitrogens with two attached hydrogens (primary N) is 1. The molecule has 3 heteroatoms. The zero-order valence-electron chi connectivity index (χ0n) is 7.92. The van der Waals surface area contributed by atoms with Crippen LogP contribution in [-0.2, 0) is 4.79 Å². The molecule has 2 atom stereocenters. The molecule has 12 heavy (non-hydrogen) atoms. The predicted molar refractivity (Wildman–Crippen MR) is 48.9 cm³/mol. The molecule has 0 aliphatic heterocycles. The fourth-order valence-electron chi connectivity index (χ4n) is 1.09. The summed E-state index contributed by atoms with van der Waals surface area (Å²) >= 11 is 0. The second-order valence-corrected chi connectivity index (χ2v) is 3.50. The topological polar surface area (TPSA) is 63.3 Å². The average molecular weight is 173 g/mol. The Kier molecular flexibility index (Phi) is 5.72. The molecule has 0 aromatic carbocycles. The zero-order valence-corrected chi connectivity index (χ0v) is 7.92. The first-order chi connectivity index (χ1) is 5.57. The smallest absolute Gasteiger partial charge is 0.306 e. The summed E-state index contributed by atoms with van der Waals surface area (Å²) in [6, 6.07) is 0. The Morgan fingerprint density at radius 2 is 1.92 bits per heavy atom. The van der Waals surface area contributed by atoms with Gasteiger partial charge in [0.1, 0.15) is 0 Å². The van der Waals surface area contributed by atoms with Crippen molar-refractivity contribution in [3.63, 3.8) is 0 Å². The summed E-state index contributed by atoms with van der Waals surface area (Å²) in [4.78, 5) is 10.4. The van der Waals surface area contributed by atoms with Crippen molar-refractivity contribution in [2.24, 2.45) is 17.6 Å². The molecule has 0 spiro atoms. The monoisotopic (exact) mass is 173 g/mol. The quantitative estimate of drug-likeness (QED) is 0.639. The maximum absolute atomic E-state index is 10.4. The second kappa shape index (κ2) is 6.00. The van der Waals surface area contributed by atoms with Gasteiger partial charge >= 0.3 is 5.97 Å². The van der Waals surface area contributed by atoms with Crippen LogP contribution >= 0.6 is 0 Å². The van der Waals surface area contributed by atoms with Gasteiger partial charge in [0.2, 0.25) is 0 Å². The van der Waals surface area contributed by atoms with Crippen molar-refractivity contribution < 1.29 is 9.90 Å². The summed E-state index contributed by atoms with van der Waals surface area (Å²) in [5.74, 6) is -0.364. The molecule has 0 heterocycles. The highest BCUT2D eigenvalue weighted by atomic mass is 16.4. The van der Waals surface area contributed by atoms with E-state index in [1.54, 1.807) is 6.92 Å². The first kappa shape index (κ1) is 11.4. The first-order valence-electron chi connectivity index (χ1n) is 4.50. The number of carboxylic acids is 1. The third-order valence-electron chi connectivity index (χ3n) is 2.17. The largest absolute Gasteiger partial charge is 0.481 e. The molecule has 0 radical (unpaired) electrons. The van der Waals surface area contributed by atoms with Crippen LogP contribution in [0.15, 0.2) is 0 Å². The molecular weight excluding hydrogens is 154 g/mol. The van der Waals surface area contributed by atoms with E-state index in [-0.39, 0.29) is 5.92 Å². The Bertz CT molecular complexity index is 136. The molecular formula is C9H19NO2. The van der Waals surface area contributed by atoms with Crippen LogP contribution in [0.4, 0.5) is 0 Å². The van der Waals surface area contributed by atoms with Gasteiger partial charge in [-0.25, -0.2) is 0 Å². The molecule has 3 nitrogen and oxygen atoms in total. The summed E-state index contributed by atoms with van der Waals surface area (Å²) in [6.45, 7) is 4.56. The van der Waals surface area contributed by atoms with E-state index in [4.69, 9.17) is 10.8 Å². The Balaban J connectivity index is 3.46. The van der Waals surface area contributed by atoms with Gasteiger partial charge in [0.15, 0.2) is 0 Å². The van der Waals surface area contributed by atoms with E-state index >= 15 is 0 Å². The van der Waals surface area contributed by atoms with Crippen molar-refractivity contribution in [1.29, 1.82) is 0 Å². The van der Waals surface area contributed by atoms with Crippen molar-refractivity contribution in [1.82, 2.24) is 0 Å². The molecule has 0 saturated heterocycles. The first-order valence-corrected chi connectivity index (χ1v) is 4.50. The third-order valence-corrected chi connectivity index (χ3v) is 2.17. The van der Waals surface area contributed by atoms with E-state index in [1.807, 2.05) is 0 Å². The molecule has 0 bridgehead atoms. The molecule has 0 amide bonds. The lowest BCUT2D eigenvalue weighted by Crippen LogP contribution is -2.12. The number of aliphatic carboxylic acids is 1. The summed E-state index contributed by atoms with van der Waals surface area (Å²) in [6.07, 6.45) is 2.72. The highest BCUT2D eigenvalue weighted by molar-refractivity contribution is 5.69. The SMILES string of the molecule is CC(CCN)CCC(C)C(=O)O. The molecule has 0 aliphatic rings. The molecule has 0 rings (SSSR count). The molecule has 0 aromatic heterocycles. The lowest BCUT2D eigenvalue weighted by atomic mass is 9.96. The van der Waals surface area contributed by atoms with Gasteiger partial charge in [-0.1, -0.05) is 13.8 Å². The molecule has 0 fully saturated rings. The van der Waals surface area contributed by atoms with Gasteiger partial charge in [-0.05, 0) is 31.7 Å². The highest BCUT2D eigenvalue weighted by Crippen LogP contribution is 2.14. The van der Waals surface area contributed by atoms with Crippen LogP contribution in [0.25, 0.3) is 0 Å². The van der Waals surface area contributed by atoms with Crippen LogP contribution in [-0.4, -0.2) is 17.6 Å². The van der Waals surface area contributed by atoms with Gasteiger partial charge in [-0.15, -0.1) is 0 Å². The normalized spacial score (nSPS) is 15.6. The fourth-order valence-corrected chi connectivity index (χ4v) is 1.09. The Morgan fingerprint density at radius 1 is 1.33 bits per heavy atom. The zero-order chi connectivity index (χ0) is 9.56. The van der Waals surface area contributed by atoms with Crippen LogP contribution in [0.1, 0.15) is 33.1 Å². The summed E-state index contributed by atoms with van der Waals surface area (Å²) < 4.78 is 0. The Morgan fingerprint density at radius 3 is 2.33 bits per heavy atom. The van der Waals surface area contributed by atoms with Gasteiger partial charge in [0.25, 0.3) is 0 Å². The predicted octanol–water partition coefficient (Wildman–Crippen LogP) is 1.47. The molecule has 3 N–H and O–H groups in total. The number of hydrogen-bond acceptors (Lipinski definition) is 2. The van der Waals surface area contributed by atoms with Crippen molar-refractivity contribution >= 4 is 5.97 Å². The van der Waals surface area contributed by atoms with Gasteiger partial charge in [0, 0.05) is 0 Å². The van der Waals surface area contributed by atoms with E-state index in [9.17, 15) is 4.79 Å². The van der Waals surface area contributed by atoms with Crippen LogP contribution in [0.3, 0.4) is 0 Å². The number of carboxylic acid groups (broad SMARTS) is 1. The average Bonchev–Trinajstić information content (AvgIpc) is 2.00. The lowest BCUT2D eigenvalue weighted by molar-refractivity contribution is -0.141. The van der Waals surface area contributed by atoms with Gasteiger partial charge in [-0.2, -0.15) is 0 Å². The van der Waals surface area contributed by atoms with Crippen molar-refractivity contribution in [3.05, 3.63) is 0 Å². The van der Waals surface area contributed by atoms with E-state index < -0.39 is 5.97 Å². The van der Waals surface area contributed by atoms with Crippen molar-refractivity contribution in [2.45, 2.75) is 33.1 Å². The van der Waals surface area contributed by atoms with Crippen molar-refractivity contribution in [3.8, 4) is 0 Å². The van der Waals surface area contributed by atoms with Crippen LogP contribution in [0.2, 0.25) is 0 Å². The van der Waals surface area contributed by atoms with Crippen LogP contribution in [0, 0.1) is 11.8 Å². The Hall–Kier alpha value is -0.570. The third kappa shape index (κ3) is 5.13. The van der Waals surface area contributed by atoms with E-state index in [0.29, 0.717) is 12.5 Å².